The van der Waals surface area contributed by atoms with Gasteiger partial charge in [-0.25, -0.2) is 0 Å². The normalized spacial score (nSPS) is 10.2. The Kier molecular flexibility index (Phi) is 4.95. The molecule has 0 aliphatic heterocycles. The van der Waals surface area contributed by atoms with Gasteiger partial charge in [0.1, 0.15) is 4.88 Å². The first-order valence-corrected chi connectivity index (χ1v) is 7.30. The van der Waals surface area contributed by atoms with Crippen LogP contribution in [0.5, 0.6) is 0 Å². The monoisotopic (exact) mass is 291 g/mol. The highest BCUT2D eigenvalue weighted by atomic mass is 32.1. The van der Waals surface area contributed by atoms with E-state index in [0.29, 0.717) is 18.0 Å². The maximum Gasteiger partial charge on any atom is 0.263 e. The van der Waals surface area contributed by atoms with Crippen LogP contribution in [0, 0.1) is 0 Å². The molecule has 0 aliphatic carbocycles. The molecular formula is C14H17N3O2S. The second kappa shape index (κ2) is 6.91. The summed E-state index contributed by atoms with van der Waals surface area (Å²) in [4.78, 5) is 23.5. The molecule has 0 radical (unpaired) electrons. The van der Waals surface area contributed by atoms with Crippen LogP contribution in [0.4, 0.5) is 0 Å². The summed E-state index contributed by atoms with van der Waals surface area (Å²) in [7, 11) is 0. The van der Waals surface area contributed by atoms with Crippen LogP contribution in [0.1, 0.15) is 23.0 Å². The minimum Gasteiger partial charge on any atom is -0.356 e. The summed E-state index contributed by atoms with van der Waals surface area (Å²) in [5, 5.41) is 7.47. The van der Waals surface area contributed by atoms with Gasteiger partial charge in [-0.1, -0.05) is 0 Å². The second-order valence-corrected chi connectivity index (χ2v) is 5.23. The van der Waals surface area contributed by atoms with Crippen molar-refractivity contribution in [1.82, 2.24) is 15.2 Å². The Bertz CT molecular complexity index is 575. The van der Waals surface area contributed by atoms with Crippen molar-refractivity contribution in [2.24, 2.45) is 0 Å². The first kappa shape index (κ1) is 14.3. The van der Waals surface area contributed by atoms with Gasteiger partial charge in [-0.15, -0.1) is 11.3 Å². The van der Waals surface area contributed by atoms with Gasteiger partial charge < -0.3 is 15.2 Å². The molecule has 0 unspecified atom stereocenters. The number of hydrogen-bond acceptors (Lipinski definition) is 3. The fourth-order valence-corrected chi connectivity index (χ4v) is 2.61. The molecule has 0 spiro atoms. The summed E-state index contributed by atoms with van der Waals surface area (Å²) < 4.78 is 1.92. The molecule has 0 saturated carbocycles. The van der Waals surface area contributed by atoms with E-state index >= 15 is 0 Å². The van der Waals surface area contributed by atoms with Crippen molar-refractivity contribution in [3.05, 3.63) is 40.8 Å². The number of hydrogen-bond donors (Lipinski definition) is 2. The third-order valence-electron chi connectivity index (χ3n) is 2.75. The van der Waals surface area contributed by atoms with E-state index in [4.69, 9.17) is 0 Å². The van der Waals surface area contributed by atoms with Crippen LogP contribution >= 0.6 is 11.3 Å². The van der Waals surface area contributed by atoms with Crippen LogP contribution in [0.2, 0.25) is 0 Å². The average Bonchev–Trinajstić information content (AvgIpc) is 3.08. The zero-order valence-corrected chi connectivity index (χ0v) is 12.1. The zero-order chi connectivity index (χ0) is 14.4. The predicted molar refractivity (Wildman–Crippen MR) is 79.3 cm³/mol. The van der Waals surface area contributed by atoms with Gasteiger partial charge in [0.05, 0.1) is 5.69 Å². The quantitative estimate of drug-likeness (QED) is 0.797. The van der Waals surface area contributed by atoms with Crippen LogP contribution < -0.4 is 10.6 Å². The summed E-state index contributed by atoms with van der Waals surface area (Å²) in [6, 6.07) is 5.77. The molecule has 106 valence electrons. The maximum absolute atomic E-state index is 12.1. The number of aromatic nitrogens is 1. The van der Waals surface area contributed by atoms with Crippen molar-refractivity contribution >= 4 is 23.2 Å². The lowest BCUT2D eigenvalue weighted by molar-refractivity contribution is -0.118. The maximum atomic E-state index is 12.1. The smallest absolute Gasteiger partial charge is 0.263 e. The third kappa shape index (κ3) is 3.71. The largest absolute Gasteiger partial charge is 0.356 e. The standard InChI is InChI=1S/C14H17N3O2S/c1-11(18)15-6-4-7-16-14(19)13-12(5-10-20-13)17-8-2-3-9-17/h2-3,5,8-10H,4,6-7H2,1H3,(H,15,18)(H,16,19). The fourth-order valence-electron chi connectivity index (χ4n) is 1.81. The summed E-state index contributed by atoms with van der Waals surface area (Å²) in [6.45, 7) is 2.60. The minimum atomic E-state index is -0.0773. The van der Waals surface area contributed by atoms with Crippen molar-refractivity contribution in [1.29, 1.82) is 0 Å². The van der Waals surface area contributed by atoms with Crippen LogP contribution in [0.25, 0.3) is 5.69 Å². The van der Waals surface area contributed by atoms with Gasteiger partial charge >= 0.3 is 0 Å². The Morgan fingerprint density at radius 2 is 1.90 bits per heavy atom. The lowest BCUT2D eigenvalue weighted by Gasteiger charge is -2.07. The molecule has 2 rings (SSSR count). The Balaban J connectivity index is 1.87. The molecule has 2 aromatic heterocycles. The first-order valence-electron chi connectivity index (χ1n) is 6.42. The van der Waals surface area contributed by atoms with Gasteiger partial charge in [0, 0.05) is 32.4 Å². The molecular weight excluding hydrogens is 274 g/mol. The Labute approximate surface area is 121 Å². The molecule has 2 N–H and O–H groups in total. The molecule has 0 atom stereocenters. The molecule has 2 heterocycles. The van der Waals surface area contributed by atoms with Crippen molar-refractivity contribution < 1.29 is 9.59 Å². The van der Waals surface area contributed by atoms with Crippen LogP contribution in [0.15, 0.2) is 36.0 Å². The second-order valence-electron chi connectivity index (χ2n) is 4.32. The summed E-state index contributed by atoms with van der Waals surface area (Å²) in [5.41, 5.74) is 0.888. The third-order valence-corrected chi connectivity index (χ3v) is 3.65. The first-order chi connectivity index (χ1) is 9.68. The minimum absolute atomic E-state index is 0.0514. The van der Waals surface area contributed by atoms with Crippen molar-refractivity contribution in [2.45, 2.75) is 13.3 Å². The van der Waals surface area contributed by atoms with E-state index in [-0.39, 0.29) is 11.8 Å². The number of amides is 2. The molecule has 0 saturated heterocycles. The Morgan fingerprint density at radius 1 is 1.20 bits per heavy atom. The van der Waals surface area contributed by atoms with Crippen molar-refractivity contribution in [3.8, 4) is 5.69 Å². The van der Waals surface area contributed by atoms with Gasteiger partial charge in [0.15, 0.2) is 0 Å². The highest BCUT2D eigenvalue weighted by Crippen LogP contribution is 2.21. The molecule has 0 bridgehead atoms. The lowest BCUT2D eigenvalue weighted by Crippen LogP contribution is -2.28. The van der Waals surface area contributed by atoms with E-state index in [1.54, 1.807) is 0 Å². The van der Waals surface area contributed by atoms with E-state index in [1.807, 2.05) is 40.5 Å². The van der Waals surface area contributed by atoms with E-state index < -0.39 is 0 Å². The highest BCUT2D eigenvalue weighted by molar-refractivity contribution is 7.12. The number of rotatable bonds is 6. The van der Waals surface area contributed by atoms with Gasteiger partial charge in [0.2, 0.25) is 5.91 Å². The van der Waals surface area contributed by atoms with Gasteiger partial charge in [-0.3, -0.25) is 9.59 Å². The molecule has 20 heavy (non-hydrogen) atoms. The van der Waals surface area contributed by atoms with Gasteiger partial charge in [0.25, 0.3) is 5.91 Å². The molecule has 0 aliphatic rings. The topological polar surface area (TPSA) is 63.1 Å². The molecule has 2 amide bonds. The molecule has 5 nitrogen and oxygen atoms in total. The highest BCUT2D eigenvalue weighted by Gasteiger charge is 2.13. The molecule has 2 aromatic rings. The Hall–Kier alpha value is -2.08. The van der Waals surface area contributed by atoms with Gasteiger partial charge in [-0.05, 0) is 30.0 Å². The number of nitrogens with zero attached hydrogens (tertiary/aromatic N) is 1. The number of carbonyl (C=O) groups excluding carboxylic acids is 2. The Morgan fingerprint density at radius 3 is 2.60 bits per heavy atom. The number of nitrogens with one attached hydrogen (secondary N) is 2. The van der Waals surface area contributed by atoms with Crippen LogP contribution in [-0.4, -0.2) is 29.5 Å². The van der Waals surface area contributed by atoms with E-state index in [1.165, 1.54) is 18.3 Å². The van der Waals surface area contributed by atoms with Crippen molar-refractivity contribution in [3.63, 3.8) is 0 Å². The fraction of sp³-hybridized carbons (Fsp3) is 0.286. The molecule has 0 fully saturated rings. The van der Waals surface area contributed by atoms with E-state index in [9.17, 15) is 9.59 Å². The zero-order valence-electron chi connectivity index (χ0n) is 11.3. The summed E-state index contributed by atoms with van der Waals surface area (Å²) >= 11 is 1.42. The summed E-state index contributed by atoms with van der Waals surface area (Å²) in [5.74, 6) is -0.129. The predicted octanol–water partition coefficient (Wildman–Crippen LogP) is 1.79. The lowest BCUT2D eigenvalue weighted by atomic mass is 10.3. The van der Waals surface area contributed by atoms with Crippen molar-refractivity contribution in [2.75, 3.05) is 13.1 Å². The average molecular weight is 291 g/mol. The van der Waals surface area contributed by atoms with Gasteiger partial charge in [-0.2, -0.15) is 0 Å². The molecule has 6 heteroatoms. The number of thiophene rings is 1. The molecule has 0 aromatic carbocycles. The number of carbonyl (C=O) groups is 2. The SMILES string of the molecule is CC(=O)NCCCNC(=O)c1sccc1-n1cccc1. The van der Waals surface area contributed by atoms with E-state index in [2.05, 4.69) is 10.6 Å². The van der Waals surface area contributed by atoms with E-state index in [0.717, 1.165) is 12.1 Å². The summed E-state index contributed by atoms with van der Waals surface area (Å²) in [6.07, 6.45) is 4.54. The van der Waals surface area contributed by atoms with Crippen LogP contribution in [-0.2, 0) is 4.79 Å². The van der Waals surface area contributed by atoms with Crippen LogP contribution in [0.3, 0.4) is 0 Å².